The van der Waals surface area contributed by atoms with Crippen LogP contribution < -0.4 is 11.1 Å². The molecule has 0 aliphatic carbocycles. The first-order valence-electron chi connectivity index (χ1n) is 6.35. The lowest BCUT2D eigenvalue weighted by molar-refractivity contribution is -0.384. The molecule has 0 atom stereocenters. The lowest BCUT2D eigenvalue weighted by atomic mass is 9.92. The monoisotopic (exact) mass is 343 g/mol. The van der Waals surface area contributed by atoms with Crippen molar-refractivity contribution < 1.29 is 9.72 Å². The number of amides is 1. The fourth-order valence-electron chi connectivity index (χ4n) is 1.88. The van der Waals surface area contributed by atoms with E-state index in [1.807, 2.05) is 13.8 Å². The number of non-ortho nitro benzene ring substituents is 1. The first-order valence-corrected chi connectivity index (χ1v) is 7.15. The lowest BCUT2D eigenvalue weighted by Gasteiger charge is -2.31. The number of nitrogens with zero attached hydrogens (tertiary/aromatic N) is 1. The van der Waals surface area contributed by atoms with Gasteiger partial charge in [-0.15, -0.1) is 0 Å². The van der Waals surface area contributed by atoms with E-state index in [-0.39, 0.29) is 17.2 Å². The van der Waals surface area contributed by atoms with Gasteiger partial charge in [-0.05, 0) is 34.8 Å². The number of halogens is 1. The fraction of sp³-hybridized carbons (Fsp3) is 0.462. The lowest BCUT2D eigenvalue weighted by Crippen LogP contribution is -2.52. The number of nitrogens with two attached hydrogens (primary N) is 1. The standard InChI is InChI=1S/C13H18BrN3O3/c1-3-13(4-2,8-15)16-12(18)10-7-9(17(19)20)5-6-11(10)14/h5-7H,3-4,8,15H2,1-2H3,(H,16,18). The van der Waals surface area contributed by atoms with E-state index in [0.29, 0.717) is 23.9 Å². The van der Waals surface area contributed by atoms with E-state index in [1.165, 1.54) is 18.2 Å². The Hall–Kier alpha value is -1.47. The quantitative estimate of drug-likeness (QED) is 0.612. The predicted octanol–water partition coefficient (Wildman–Crippen LogP) is 2.60. The summed E-state index contributed by atoms with van der Waals surface area (Å²) in [5, 5.41) is 13.7. The van der Waals surface area contributed by atoms with Crippen molar-refractivity contribution >= 4 is 27.5 Å². The van der Waals surface area contributed by atoms with Gasteiger partial charge in [-0.2, -0.15) is 0 Å². The molecular weight excluding hydrogens is 326 g/mol. The van der Waals surface area contributed by atoms with Crippen LogP contribution in [0.4, 0.5) is 5.69 Å². The number of carbonyl (C=O) groups excluding carboxylic acids is 1. The Balaban J connectivity index is 3.08. The summed E-state index contributed by atoms with van der Waals surface area (Å²) in [5.41, 5.74) is 5.37. The number of carbonyl (C=O) groups is 1. The topological polar surface area (TPSA) is 98.3 Å². The van der Waals surface area contributed by atoms with Crippen molar-refractivity contribution in [2.45, 2.75) is 32.2 Å². The highest BCUT2D eigenvalue weighted by molar-refractivity contribution is 9.10. The van der Waals surface area contributed by atoms with E-state index in [1.54, 1.807) is 0 Å². The van der Waals surface area contributed by atoms with Gasteiger partial charge < -0.3 is 11.1 Å². The van der Waals surface area contributed by atoms with Crippen molar-refractivity contribution in [2.24, 2.45) is 5.73 Å². The average molecular weight is 344 g/mol. The van der Waals surface area contributed by atoms with E-state index in [2.05, 4.69) is 21.2 Å². The van der Waals surface area contributed by atoms with Gasteiger partial charge in [-0.25, -0.2) is 0 Å². The summed E-state index contributed by atoms with van der Waals surface area (Å²) in [7, 11) is 0. The van der Waals surface area contributed by atoms with Crippen LogP contribution in [-0.4, -0.2) is 22.9 Å². The highest BCUT2D eigenvalue weighted by atomic mass is 79.9. The Morgan fingerprint density at radius 2 is 2.05 bits per heavy atom. The van der Waals surface area contributed by atoms with Crippen LogP contribution >= 0.6 is 15.9 Å². The fourth-order valence-corrected chi connectivity index (χ4v) is 2.30. The molecule has 1 aromatic rings. The molecule has 0 aromatic heterocycles. The number of nitrogens with one attached hydrogen (secondary N) is 1. The van der Waals surface area contributed by atoms with Gasteiger partial charge in [0.25, 0.3) is 11.6 Å². The SMILES string of the molecule is CCC(CC)(CN)NC(=O)c1cc([N+](=O)[O-])ccc1Br. The van der Waals surface area contributed by atoms with Gasteiger partial charge in [0.2, 0.25) is 0 Å². The molecule has 1 amide bonds. The van der Waals surface area contributed by atoms with Crippen molar-refractivity contribution in [3.8, 4) is 0 Å². The Morgan fingerprint density at radius 1 is 1.45 bits per heavy atom. The highest BCUT2D eigenvalue weighted by Crippen LogP contribution is 2.24. The van der Waals surface area contributed by atoms with Crippen LogP contribution in [0.2, 0.25) is 0 Å². The van der Waals surface area contributed by atoms with E-state index >= 15 is 0 Å². The van der Waals surface area contributed by atoms with Gasteiger partial charge in [0.05, 0.1) is 16.0 Å². The third-order valence-electron chi connectivity index (χ3n) is 3.53. The molecule has 0 radical (unpaired) electrons. The zero-order valence-electron chi connectivity index (χ0n) is 11.5. The van der Waals surface area contributed by atoms with Gasteiger partial charge in [0.1, 0.15) is 0 Å². The van der Waals surface area contributed by atoms with Crippen LogP contribution in [-0.2, 0) is 0 Å². The molecule has 6 nitrogen and oxygen atoms in total. The van der Waals surface area contributed by atoms with E-state index in [0.717, 1.165) is 0 Å². The average Bonchev–Trinajstić information content (AvgIpc) is 2.45. The largest absolute Gasteiger partial charge is 0.345 e. The maximum Gasteiger partial charge on any atom is 0.270 e. The van der Waals surface area contributed by atoms with Gasteiger partial charge in [0, 0.05) is 23.2 Å². The van der Waals surface area contributed by atoms with Crippen molar-refractivity contribution in [3.05, 3.63) is 38.3 Å². The maximum absolute atomic E-state index is 12.3. The Morgan fingerprint density at radius 3 is 2.50 bits per heavy atom. The molecule has 1 rings (SSSR count). The van der Waals surface area contributed by atoms with Crippen LogP contribution in [0.5, 0.6) is 0 Å². The normalized spacial score (nSPS) is 11.2. The first kappa shape index (κ1) is 16.6. The molecule has 0 spiro atoms. The van der Waals surface area contributed by atoms with E-state index in [4.69, 9.17) is 5.73 Å². The van der Waals surface area contributed by atoms with Crippen LogP contribution in [0.15, 0.2) is 22.7 Å². The number of nitro benzene ring substituents is 1. The Bertz CT molecular complexity index is 507. The molecule has 0 aliphatic rings. The molecule has 0 saturated heterocycles. The molecule has 1 aromatic carbocycles. The molecule has 0 saturated carbocycles. The zero-order valence-corrected chi connectivity index (χ0v) is 13.1. The van der Waals surface area contributed by atoms with E-state index in [9.17, 15) is 14.9 Å². The molecule has 0 bridgehead atoms. The number of nitro groups is 1. The van der Waals surface area contributed by atoms with Crippen molar-refractivity contribution in [1.29, 1.82) is 0 Å². The minimum atomic E-state index is -0.529. The number of hydrogen-bond acceptors (Lipinski definition) is 4. The number of benzene rings is 1. The van der Waals surface area contributed by atoms with Gasteiger partial charge in [0.15, 0.2) is 0 Å². The summed E-state index contributed by atoms with van der Waals surface area (Å²) in [6.07, 6.45) is 1.39. The molecular formula is C13H18BrN3O3. The molecule has 0 fully saturated rings. The second-order valence-electron chi connectivity index (χ2n) is 4.57. The minimum absolute atomic E-state index is 0.121. The molecule has 0 aliphatic heterocycles. The molecule has 3 N–H and O–H groups in total. The second-order valence-corrected chi connectivity index (χ2v) is 5.42. The summed E-state index contributed by atoms with van der Waals surface area (Å²) in [6, 6.07) is 4.10. The predicted molar refractivity (Wildman–Crippen MR) is 80.6 cm³/mol. The van der Waals surface area contributed by atoms with Gasteiger partial charge in [-0.3, -0.25) is 14.9 Å². The summed E-state index contributed by atoms with van der Waals surface area (Å²) < 4.78 is 0.513. The molecule has 20 heavy (non-hydrogen) atoms. The van der Waals surface area contributed by atoms with Crippen LogP contribution in [0.1, 0.15) is 37.0 Å². The van der Waals surface area contributed by atoms with Crippen molar-refractivity contribution in [1.82, 2.24) is 5.32 Å². The van der Waals surface area contributed by atoms with E-state index < -0.39 is 10.5 Å². The summed E-state index contributed by atoms with van der Waals surface area (Å²) >= 11 is 3.24. The first-order chi connectivity index (χ1) is 9.39. The number of hydrogen-bond donors (Lipinski definition) is 2. The van der Waals surface area contributed by atoms with Crippen LogP contribution in [0.25, 0.3) is 0 Å². The molecule has 0 unspecified atom stereocenters. The third kappa shape index (κ3) is 3.55. The zero-order chi connectivity index (χ0) is 15.3. The maximum atomic E-state index is 12.3. The minimum Gasteiger partial charge on any atom is -0.345 e. The Labute approximate surface area is 126 Å². The van der Waals surface area contributed by atoms with Gasteiger partial charge >= 0.3 is 0 Å². The molecule has 0 heterocycles. The van der Waals surface area contributed by atoms with Crippen LogP contribution in [0, 0.1) is 10.1 Å². The summed E-state index contributed by atoms with van der Waals surface area (Å²) in [6.45, 7) is 4.20. The highest BCUT2D eigenvalue weighted by Gasteiger charge is 2.28. The van der Waals surface area contributed by atoms with Crippen molar-refractivity contribution in [2.75, 3.05) is 6.54 Å². The number of rotatable bonds is 6. The summed E-state index contributed by atoms with van der Waals surface area (Å²) in [4.78, 5) is 22.6. The second kappa shape index (κ2) is 6.81. The smallest absolute Gasteiger partial charge is 0.270 e. The molecule has 110 valence electrons. The Kier molecular flexibility index (Phi) is 5.64. The summed E-state index contributed by atoms with van der Waals surface area (Å²) in [5.74, 6) is -0.366. The van der Waals surface area contributed by atoms with Gasteiger partial charge in [-0.1, -0.05) is 13.8 Å². The van der Waals surface area contributed by atoms with Crippen molar-refractivity contribution in [3.63, 3.8) is 0 Å². The molecule has 7 heteroatoms. The van der Waals surface area contributed by atoms with Crippen LogP contribution in [0.3, 0.4) is 0 Å². The third-order valence-corrected chi connectivity index (χ3v) is 4.22.